The highest BCUT2D eigenvalue weighted by atomic mass is 127. The number of nitrogens with one attached hydrogen (secondary N) is 2. The van der Waals surface area contributed by atoms with Crippen LogP contribution in [0.25, 0.3) is 0 Å². The van der Waals surface area contributed by atoms with Gasteiger partial charge in [-0.2, -0.15) is 0 Å². The Morgan fingerprint density at radius 2 is 1.75 bits per heavy atom. The molecule has 0 radical (unpaired) electrons. The summed E-state index contributed by atoms with van der Waals surface area (Å²) in [5.74, 6) is 1.61. The average molecular weight is 439 g/mol. The van der Waals surface area contributed by atoms with Gasteiger partial charge in [-0.25, -0.2) is 0 Å². The number of guanidine groups is 1. The van der Waals surface area contributed by atoms with Crippen LogP contribution >= 0.6 is 24.0 Å². The quantitative estimate of drug-likeness (QED) is 0.407. The molecule has 5 heteroatoms. The Morgan fingerprint density at radius 1 is 1.08 bits per heavy atom. The van der Waals surface area contributed by atoms with E-state index >= 15 is 0 Å². The van der Waals surface area contributed by atoms with Crippen LogP contribution in [0.1, 0.15) is 25.0 Å². The van der Waals surface area contributed by atoms with Gasteiger partial charge in [-0.05, 0) is 56.2 Å². The molecule has 0 atom stereocenters. The third kappa shape index (κ3) is 6.39. The van der Waals surface area contributed by atoms with Crippen molar-refractivity contribution in [3.8, 4) is 5.75 Å². The average Bonchev–Trinajstić information content (AvgIpc) is 2.54. The van der Waals surface area contributed by atoms with Gasteiger partial charge in [0.1, 0.15) is 5.75 Å². The minimum absolute atomic E-state index is 0. The monoisotopic (exact) mass is 439 g/mol. The Bertz CT molecular complexity index is 654. The molecule has 2 aromatic carbocycles. The summed E-state index contributed by atoms with van der Waals surface area (Å²) < 4.78 is 5.65. The van der Waals surface area contributed by atoms with Crippen LogP contribution in [-0.2, 0) is 6.54 Å². The summed E-state index contributed by atoms with van der Waals surface area (Å²) in [6.45, 7) is 6.88. The van der Waals surface area contributed by atoms with E-state index in [1.54, 1.807) is 7.05 Å². The fourth-order valence-corrected chi connectivity index (χ4v) is 2.19. The highest BCUT2D eigenvalue weighted by molar-refractivity contribution is 14.0. The molecule has 2 aromatic rings. The topological polar surface area (TPSA) is 45.7 Å². The molecule has 2 rings (SSSR count). The van der Waals surface area contributed by atoms with Crippen LogP contribution in [-0.4, -0.2) is 19.1 Å². The van der Waals surface area contributed by atoms with E-state index in [9.17, 15) is 0 Å². The molecule has 4 nitrogen and oxygen atoms in total. The number of aliphatic imine (C=N–C) groups is 1. The SMILES string of the molecule is CN=C(NCc1ccccc1C)Nc1ccc(OC(C)C)cc1.I. The van der Waals surface area contributed by atoms with Gasteiger partial charge < -0.3 is 15.4 Å². The third-order valence-electron chi connectivity index (χ3n) is 3.42. The zero-order valence-electron chi connectivity index (χ0n) is 14.7. The summed E-state index contributed by atoms with van der Waals surface area (Å²) >= 11 is 0. The molecule has 0 spiro atoms. The van der Waals surface area contributed by atoms with Crippen molar-refractivity contribution >= 4 is 35.6 Å². The normalized spacial score (nSPS) is 11.0. The van der Waals surface area contributed by atoms with Crippen LogP contribution in [0.2, 0.25) is 0 Å². The number of nitrogens with zero attached hydrogens (tertiary/aromatic N) is 1. The van der Waals surface area contributed by atoms with Crippen molar-refractivity contribution in [1.29, 1.82) is 0 Å². The summed E-state index contributed by atoms with van der Waals surface area (Å²) in [6.07, 6.45) is 0.178. The minimum Gasteiger partial charge on any atom is -0.491 e. The lowest BCUT2D eigenvalue weighted by atomic mass is 10.1. The Hall–Kier alpha value is -1.76. The van der Waals surface area contributed by atoms with Crippen LogP contribution < -0.4 is 15.4 Å². The first-order valence-electron chi connectivity index (χ1n) is 7.87. The van der Waals surface area contributed by atoms with Gasteiger partial charge in [-0.1, -0.05) is 24.3 Å². The number of aryl methyl sites for hydroxylation is 1. The predicted molar refractivity (Wildman–Crippen MR) is 113 cm³/mol. The molecule has 0 bridgehead atoms. The fourth-order valence-electron chi connectivity index (χ4n) is 2.19. The third-order valence-corrected chi connectivity index (χ3v) is 3.42. The molecule has 0 amide bonds. The Morgan fingerprint density at radius 3 is 2.33 bits per heavy atom. The predicted octanol–water partition coefficient (Wildman–Crippen LogP) is 4.59. The Balaban J connectivity index is 0.00000288. The van der Waals surface area contributed by atoms with Crippen molar-refractivity contribution in [2.45, 2.75) is 33.4 Å². The number of halogens is 1. The smallest absolute Gasteiger partial charge is 0.195 e. The van der Waals surface area contributed by atoms with E-state index in [1.807, 2.05) is 50.2 Å². The molecule has 24 heavy (non-hydrogen) atoms. The van der Waals surface area contributed by atoms with Crippen LogP contribution in [0.15, 0.2) is 53.5 Å². The van der Waals surface area contributed by atoms with Gasteiger partial charge in [-0.3, -0.25) is 4.99 Å². The molecule has 0 saturated heterocycles. The lowest BCUT2D eigenvalue weighted by molar-refractivity contribution is 0.242. The summed E-state index contributed by atoms with van der Waals surface area (Å²) in [5.41, 5.74) is 3.50. The van der Waals surface area contributed by atoms with Crippen LogP contribution in [0.3, 0.4) is 0 Å². The fraction of sp³-hybridized carbons (Fsp3) is 0.316. The maximum absolute atomic E-state index is 5.65. The first-order chi connectivity index (χ1) is 11.1. The molecule has 0 aromatic heterocycles. The minimum atomic E-state index is 0. The van der Waals surface area contributed by atoms with E-state index in [0.717, 1.165) is 23.9 Å². The maximum atomic E-state index is 5.65. The van der Waals surface area contributed by atoms with E-state index in [4.69, 9.17) is 4.74 Å². The number of anilines is 1. The largest absolute Gasteiger partial charge is 0.491 e. The zero-order valence-corrected chi connectivity index (χ0v) is 17.0. The number of hydrogen-bond acceptors (Lipinski definition) is 2. The first kappa shape index (κ1) is 20.3. The van der Waals surface area contributed by atoms with Crippen LogP contribution in [0.4, 0.5) is 5.69 Å². The second kappa shape index (κ2) is 10.2. The molecule has 0 saturated carbocycles. The molecule has 130 valence electrons. The van der Waals surface area contributed by atoms with Gasteiger partial charge in [0, 0.05) is 19.3 Å². The zero-order chi connectivity index (χ0) is 16.7. The van der Waals surface area contributed by atoms with Crippen LogP contribution in [0, 0.1) is 6.92 Å². The lowest BCUT2D eigenvalue weighted by Gasteiger charge is -2.14. The standard InChI is InChI=1S/C19H25N3O.HI/c1-14(2)23-18-11-9-17(10-12-18)22-19(20-4)21-13-16-8-6-5-7-15(16)3;/h5-12,14H,13H2,1-4H3,(H2,20,21,22);1H. The Kier molecular flexibility index (Phi) is 8.60. The van der Waals surface area contributed by atoms with E-state index in [-0.39, 0.29) is 30.1 Å². The van der Waals surface area contributed by atoms with Crippen molar-refractivity contribution in [2.75, 3.05) is 12.4 Å². The number of benzene rings is 2. The lowest BCUT2D eigenvalue weighted by Crippen LogP contribution is -2.30. The first-order valence-corrected chi connectivity index (χ1v) is 7.87. The van der Waals surface area contributed by atoms with Gasteiger partial charge in [0.25, 0.3) is 0 Å². The molecular formula is C19H26IN3O. The van der Waals surface area contributed by atoms with Crippen molar-refractivity contribution < 1.29 is 4.74 Å². The molecule has 0 aliphatic rings. The van der Waals surface area contributed by atoms with Crippen molar-refractivity contribution in [1.82, 2.24) is 5.32 Å². The molecule has 2 N–H and O–H groups in total. The Labute approximate surface area is 161 Å². The van der Waals surface area contributed by atoms with Gasteiger partial charge >= 0.3 is 0 Å². The van der Waals surface area contributed by atoms with E-state index in [0.29, 0.717) is 0 Å². The molecule has 0 fully saturated rings. The van der Waals surface area contributed by atoms with Gasteiger partial charge in [0.15, 0.2) is 5.96 Å². The second-order valence-electron chi connectivity index (χ2n) is 5.67. The summed E-state index contributed by atoms with van der Waals surface area (Å²) in [4.78, 5) is 4.26. The molecular weight excluding hydrogens is 413 g/mol. The van der Waals surface area contributed by atoms with E-state index in [2.05, 4.69) is 34.7 Å². The van der Waals surface area contributed by atoms with Gasteiger partial charge in [-0.15, -0.1) is 24.0 Å². The van der Waals surface area contributed by atoms with Crippen molar-refractivity contribution in [2.24, 2.45) is 4.99 Å². The highest BCUT2D eigenvalue weighted by Gasteiger charge is 2.02. The number of rotatable bonds is 5. The highest BCUT2D eigenvalue weighted by Crippen LogP contribution is 2.16. The maximum Gasteiger partial charge on any atom is 0.195 e. The summed E-state index contributed by atoms with van der Waals surface area (Å²) in [7, 11) is 1.77. The molecule has 0 heterocycles. The van der Waals surface area contributed by atoms with Crippen molar-refractivity contribution in [3.05, 3.63) is 59.7 Å². The molecule has 0 aliphatic carbocycles. The van der Waals surface area contributed by atoms with Crippen LogP contribution in [0.5, 0.6) is 5.75 Å². The van der Waals surface area contributed by atoms with Gasteiger partial charge in [0.05, 0.1) is 6.10 Å². The molecule has 0 aliphatic heterocycles. The number of hydrogen-bond donors (Lipinski definition) is 2. The van der Waals surface area contributed by atoms with Crippen molar-refractivity contribution in [3.63, 3.8) is 0 Å². The summed E-state index contributed by atoms with van der Waals surface area (Å²) in [6, 6.07) is 16.2. The van der Waals surface area contributed by atoms with E-state index < -0.39 is 0 Å². The second-order valence-corrected chi connectivity index (χ2v) is 5.67. The number of ether oxygens (including phenoxy) is 1. The van der Waals surface area contributed by atoms with E-state index in [1.165, 1.54) is 11.1 Å². The summed E-state index contributed by atoms with van der Waals surface area (Å²) in [5, 5.41) is 6.61. The molecule has 0 unspecified atom stereocenters. The van der Waals surface area contributed by atoms with Gasteiger partial charge in [0.2, 0.25) is 0 Å².